The molecule has 3 aromatic heterocycles. The third kappa shape index (κ3) is 3.52. The van der Waals surface area contributed by atoms with Crippen LogP contribution in [-0.2, 0) is 26.1 Å². The van der Waals surface area contributed by atoms with Gasteiger partial charge in [-0.1, -0.05) is 6.92 Å². The molecule has 4 rings (SSSR count). The lowest BCUT2D eigenvalue weighted by molar-refractivity contribution is 0.241. The maximum Gasteiger partial charge on any atom is 0.255 e. The number of H-pyrrole nitrogens is 1. The van der Waals surface area contributed by atoms with Gasteiger partial charge in [0.2, 0.25) is 0 Å². The molecule has 8 heteroatoms. The third-order valence-electron chi connectivity index (χ3n) is 5.02. The predicted octanol–water partition coefficient (Wildman–Crippen LogP) is 1.70. The number of aryl methyl sites for hydroxylation is 1. The molecule has 27 heavy (non-hydrogen) atoms. The summed E-state index contributed by atoms with van der Waals surface area (Å²) in [6, 6.07) is 0. The van der Waals surface area contributed by atoms with E-state index in [2.05, 4.69) is 48.5 Å². The Morgan fingerprint density at radius 2 is 2.04 bits per heavy atom. The fraction of sp³-hybridized carbons (Fsp3) is 0.421. The van der Waals surface area contributed by atoms with Crippen molar-refractivity contribution in [2.75, 3.05) is 6.54 Å². The van der Waals surface area contributed by atoms with Gasteiger partial charge in [0.15, 0.2) is 0 Å². The highest BCUT2D eigenvalue weighted by molar-refractivity contribution is 5.52. The second kappa shape index (κ2) is 7.40. The zero-order chi connectivity index (χ0) is 18.8. The predicted molar refractivity (Wildman–Crippen MR) is 101 cm³/mol. The van der Waals surface area contributed by atoms with Crippen molar-refractivity contribution in [3.63, 3.8) is 0 Å². The highest BCUT2D eigenvalue weighted by Gasteiger charge is 2.22. The van der Waals surface area contributed by atoms with Gasteiger partial charge in [-0.2, -0.15) is 5.10 Å². The molecule has 1 aliphatic rings. The molecule has 0 radical (unpaired) electrons. The molecule has 140 valence electrons. The fourth-order valence-electron chi connectivity index (χ4n) is 3.49. The van der Waals surface area contributed by atoms with Crippen LogP contribution in [0.5, 0.6) is 0 Å². The van der Waals surface area contributed by atoms with Crippen LogP contribution in [0.15, 0.2) is 29.7 Å². The molecule has 0 amide bonds. The molecule has 1 N–H and O–H groups in total. The Bertz CT molecular complexity index is 993. The average molecular weight is 365 g/mol. The number of fused-ring (bicyclic) bond motifs is 1. The van der Waals surface area contributed by atoms with Crippen molar-refractivity contribution < 1.29 is 0 Å². The number of aromatic amines is 1. The monoisotopic (exact) mass is 365 g/mol. The first-order valence-corrected chi connectivity index (χ1v) is 9.26. The number of aromatic nitrogens is 6. The number of nitrogens with zero attached hydrogens (tertiary/aromatic N) is 6. The van der Waals surface area contributed by atoms with Crippen molar-refractivity contribution in [1.82, 2.24) is 34.6 Å². The van der Waals surface area contributed by atoms with E-state index in [1.807, 2.05) is 6.20 Å². The van der Waals surface area contributed by atoms with Gasteiger partial charge in [-0.3, -0.25) is 14.4 Å². The Hall–Kier alpha value is -2.87. The molecule has 1 aliphatic heterocycles. The first-order chi connectivity index (χ1) is 13.2. The summed E-state index contributed by atoms with van der Waals surface area (Å²) < 4.78 is 2.05. The normalized spacial score (nSPS) is 14.3. The second-order valence-corrected chi connectivity index (χ2v) is 6.91. The molecule has 0 unspecified atom stereocenters. The van der Waals surface area contributed by atoms with Crippen molar-refractivity contribution in [3.8, 4) is 11.4 Å². The van der Waals surface area contributed by atoms with Crippen LogP contribution in [-0.4, -0.2) is 41.2 Å². The summed E-state index contributed by atoms with van der Waals surface area (Å²) in [7, 11) is 0. The Morgan fingerprint density at radius 3 is 2.81 bits per heavy atom. The van der Waals surface area contributed by atoms with Gasteiger partial charge in [-0.05, 0) is 13.3 Å². The molecular weight excluding hydrogens is 342 g/mol. The zero-order valence-electron chi connectivity index (χ0n) is 15.6. The van der Waals surface area contributed by atoms with Crippen molar-refractivity contribution in [3.05, 3.63) is 57.8 Å². The van der Waals surface area contributed by atoms with Gasteiger partial charge >= 0.3 is 0 Å². The summed E-state index contributed by atoms with van der Waals surface area (Å²) in [6.07, 6.45) is 8.54. The van der Waals surface area contributed by atoms with Gasteiger partial charge in [-0.25, -0.2) is 15.0 Å². The Balaban J connectivity index is 1.54. The molecule has 0 atom stereocenters. The summed E-state index contributed by atoms with van der Waals surface area (Å²) in [5.74, 6) is 0.532. The number of rotatable bonds is 5. The quantitative estimate of drug-likeness (QED) is 0.740. The molecule has 0 fully saturated rings. The topological polar surface area (TPSA) is 92.6 Å². The van der Waals surface area contributed by atoms with E-state index in [1.54, 1.807) is 12.4 Å². The van der Waals surface area contributed by atoms with Gasteiger partial charge in [0, 0.05) is 56.3 Å². The molecule has 8 nitrogen and oxygen atoms in total. The Morgan fingerprint density at radius 1 is 1.22 bits per heavy atom. The molecule has 0 spiro atoms. The fourth-order valence-corrected chi connectivity index (χ4v) is 3.49. The Labute approximate surface area is 157 Å². The lowest BCUT2D eigenvalue weighted by Crippen LogP contribution is -2.35. The van der Waals surface area contributed by atoms with Crippen molar-refractivity contribution in [2.45, 2.75) is 46.3 Å². The molecule has 0 aromatic carbocycles. The minimum absolute atomic E-state index is 0.0815. The smallest absolute Gasteiger partial charge is 0.255 e. The summed E-state index contributed by atoms with van der Waals surface area (Å²) in [6.45, 7) is 7.46. The van der Waals surface area contributed by atoms with Crippen LogP contribution in [0.1, 0.15) is 35.9 Å². The van der Waals surface area contributed by atoms with E-state index in [0.29, 0.717) is 12.4 Å². The zero-order valence-corrected chi connectivity index (χ0v) is 15.6. The van der Waals surface area contributed by atoms with Crippen LogP contribution in [0.3, 0.4) is 0 Å². The van der Waals surface area contributed by atoms with Gasteiger partial charge in [0.25, 0.3) is 5.56 Å². The highest BCUT2D eigenvalue weighted by atomic mass is 16.1. The highest BCUT2D eigenvalue weighted by Crippen LogP contribution is 2.20. The van der Waals surface area contributed by atoms with E-state index in [0.717, 1.165) is 49.3 Å². The number of hydrogen-bond donors (Lipinski definition) is 1. The summed E-state index contributed by atoms with van der Waals surface area (Å²) in [4.78, 5) is 30.4. The molecule has 0 saturated heterocycles. The molecule has 4 heterocycles. The lowest BCUT2D eigenvalue weighted by atomic mass is 10.1. The van der Waals surface area contributed by atoms with Crippen molar-refractivity contribution >= 4 is 0 Å². The summed E-state index contributed by atoms with van der Waals surface area (Å²) in [5.41, 5.74) is 4.68. The average Bonchev–Trinajstić information content (AvgIpc) is 3.03. The van der Waals surface area contributed by atoms with Crippen LogP contribution in [0.4, 0.5) is 0 Å². The first kappa shape index (κ1) is 17.5. The molecule has 0 aliphatic carbocycles. The minimum Gasteiger partial charge on any atom is -0.306 e. The summed E-state index contributed by atoms with van der Waals surface area (Å²) >= 11 is 0. The Kier molecular flexibility index (Phi) is 4.81. The standard InChI is InChI=1S/C19H23N7O/c1-3-5-26-13(2)15(9-22-26)10-25-6-4-17-16(11-25)19(27)24-18(23-17)14-7-20-12-21-8-14/h7-9,12H,3-6,10-11H2,1-2H3,(H,23,24,27). The molecular formula is C19H23N7O. The van der Waals surface area contributed by atoms with Gasteiger partial charge in [0.05, 0.1) is 23.0 Å². The van der Waals surface area contributed by atoms with Gasteiger partial charge < -0.3 is 4.98 Å². The number of hydrogen-bond acceptors (Lipinski definition) is 6. The van der Waals surface area contributed by atoms with E-state index >= 15 is 0 Å². The van der Waals surface area contributed by atoms with E-state index in [1.165, 1.54) is 17.6 Å². The number of nitrogens with one attached hydrogen (secondary N) is 1. The maximum atomic E-state index is 12.6. The minimum atomic E-state index is -0.0815. The third-order valence-corrected chi connectivity index (χ3v) is 5.02. The summed E-state index contributed by atoms with van der Waals surface area (Å²) in [5, 5.41) is 4.48. The maximum absolute atomic E-state index is 12.6. The molecule has 0 bridgehead atoms. The van der Waals surface area contributed by atoms with Gasteiger partial charge in [-0.15, -0.1) is 0 Å². The molecule has 3 aromatic rings. The van der Waals surface area contributed by atoms with Crippen LogP contribution >= 0.6 is 0 Å². The van der Waals surface area contributed by atoms with Crippen molar-refractivity contribution in [2.24, 2.45) is 0 Å². The van der Waals surface area contributed by atoms with Gasteiger partial charge in [0.1, 0.15) is 12.2 Å². The van der Waals surface area contributed by atoms with Crippen LogP contribution in [0.2, 0.25) is 0 Å². The lowest BCUT2D eigenvalue weighted by Gasteiger charge is -2.27. The van der Waals surface area contributed by atoms with E-state index in [4.69, 9.17) is 0 Å². The first-order valence-electron chi connectivity index (χ1n) is 9.26. The second-order valence-electron chi connectivity index (χ2n) is 6.91. The van der Waals surface area contributed by atoms with E-state index in [-0.39, 0.29) is 5.56 Å². The van der Waals surface area contributed by atoms with Crippen molar-refractivity contribution in [1.29, 1.82) is 0 Å². The van der Waals surface area contributed by atoms with Crippen LogP contribution in [0, 0.1) is 6.92 Å². The van der Waals surface area contributed by atoms with Crippen LogP contribution < -0.4 is 5.56 Å². The molecule has 0 saturated carbocycles. The SMILES string of the molecule is CCCn1ncc(CN2CCc3nc(-c4cncnc4)[nH]c(=O)c3C2)c1C. The largest absolute Gasteiger partial charge is 0.306 e. The van der Waals surface area contributed by atoms with E-state index in [9.17, 15) is 4.79 Å². The van der Waals surface area contributed by atoms with E-state index < -0.39 is 0 Å². The van der Waals surface area contributed by atoms with Crippen LogP contribution in [0.25, 0.3) is 11.4 Å².